The molecule has 0 aliphatic carbocycles. The van der Waals surface area contributed by atoms with Gasteiger partial charge in [0.25, 0.3) is 0 Å². The molecule has 3 nitrogen and oxygen atoms in total. The molecule has 31 heavy (non-hydrogen) atoms. The standard InChI is InChI=1S/C26H23F2NO2/c27-21-7-9-22(10-8-21)29-25-13-12-24(28)26(31-18-20-4-2-1-3-5-20)23(25)11-6-19-14-16-30-17-15-19/h1-5,7-10,12-13,19,29H,14-18H2. The summed E-state index contributed by atoms with van der Waals surface area (Å²) in [6, 6.07) is 18.5. The van der Waals surface area contributed by atoms with Crippen LogP contribution in [0.3, 0.4) is 0 Å². The Balaban J connectivity index is 1.67. The number of nitrogens with one attached hydrogen (secondary N) is 1. The topological polar surface area (TPSA) is 30.5 Å². The number of halogens is 2. The Bertz CT molecular complexity index is 1070. The van der Waals surface area contributed by atoms with Crippen molar-refractivity contribution >= 4 is 11.4 Å². The zero-order valence-electron chi connectivity index (χ0n) is 17.0. The zero-order chi connectivity index (χ0) is 21.5. The van der Waals surface area contributed by atoms with Crippen LogP contribution in [0.15, 0.2) is 66.7 Å². The van der Waals surface area contributed by atoms with Crippen LogP contribution in [-0.4, -0.2) is 13.2 Å². The highest BCUT2D eigenvalue weighted by Crippen LogP contribution is 2.32. The van der Waals surface area contributed by atoms with Crippen LogP contribution in [0.25, 0.3) is 0 Å². The van der Waals surface area contributed by atoms with Crippen LogP contribution in [0, 0.1) is 29.4 Å². The highest BCUT2D eigenvalue weighted by molar-refractivity contribution is 5.71. The maximum atomic E-state index is 14.8. The molecule has 0 radical (unpaired) electrons. The molecule has 1 heterocycles. The molecule has 0 aromatic heterocycles. The second kappa shape index (κ2) is 10.1. The van der Waals surface area contributed by atoms with Crippen molar-refractivity contribution in [1.82, 2.24) is 0 Å². The molecule has 0 unspecified atom stereocenters. The molecule has 0 amide bonds. The third-order valence-electron chi connectivity index (χ3n) is 5.08. The first-order valence-corrected chi connectivity index (χ1v) is 10.3. The molecule has 1 saturated heterocycles. The summed E-state index contributed by atoms with van der Waals surface area (Å²) in [7, 11) is 0. The van der Waals surface area contributed by atoms with E-state index in [1.54, 1.807) is 18.2 Å². The van der Waals surface area contributed by atoms with Crippen molar-refractivity contribution in [1.29, 1.82) is 0 Å². The molecule has 1 aliphatic rings. The van der Waals surface area contributed by atoms with Gasteiger partial charge in [0.15, 0.2) is 11.6 Å². The molecule has 1 N–H and O–H groups in total. The van der Waals surface area contributed by atoms with Crippen molar-refractivity contribution in [3.05, 3.63) is 89.5 Å². The van der Waals surface area contributed by atoms with Gasteiger partial charge in [-0.15, -0.1) is 0 Å². The van der Waals surface area contributed by atoms with E-state index in [0.29, 0.717) is 30.2 Å². The second-order valence-electron chi connectivity index (χ2n) is 7.36. The summed E-state index contributed by atoms with van der Waals surface area (Å²) < 4.78 is 39.4. The lowest BCUT2D eigenvalue weighted by Crippen LogP contribution is -2.14. The van der Waals surface area contributed by atoms with Crippen molar-refractivity contribution in [3.8, 4) is 17.6 Å². The van der Waals surface area contributed by atoms with E-state index in [4.69, 9.17) is 9.47 Å². The molecule has 0 bridgehead atoms. The van der Waals surface area contributed by atoms with Gasteiger partial charge in [0.1, 0.15) is 12.4 Å². The molecular weight excluding hydrogens is 396 g/mol. The molecule has 3 aromatic carbocycles. The van der Waals surface area contributed by atoms with Gasteiger partial charge in [-0.25, -0.2) is 8.78 Å². The molecule has 1 fully saturated rings. The molecule has 0 spiro atoms. The zero-order valence-corrected chi connectivity index (χ0v) is 17.0. The van der Waals surface area contributed by atoms with Gasteiger partial charge in [-0.3, -0.25) is 0 Å². The lowest BCUT2D eigenvalue weighted by molar-refractivity contribution is 0.0807. The fourth-order valence-corrected chi connectivity index (χ4v) is 3.36. The molecule has 158 valence electrons. The predicted octanol–water partition coefficient (Wildman–Crippen LogP) is 6.07. The molecule has 4 rings (SSSR count). The summed E-state index contributed by atoms with van der Waals surface area (Å²) in [5.41, 5.74) is 2.67. The highest BCUT2D eigenvalue weighted by atomic mass is 19.1. The first-order chi connectivity index (χ1) is 15.2. The predicted molar refractivity (Wildman–Crippen MR) is 117 cm³/mol. The Hall–Kier alpha value is -3.36. The van der Waals surface area contributed by atoms with E-state index in [1.165, 1.54) is 18.2 Å². The third-order valence-corrected chi connectivity index (χ3v) is 5.08. The third kappa shape index (κ3) is 5.62. The smallest absolute Gasteiger partial charge is 0.173 e. The van der Waals surface area contributed by atoms with E-state index >= 15 is 0 Å². The van der Waals surface area contributed by atoms with Crippen LogP contribution in [-0.2, 0) is 11.3 Å². The molecule has 1 aliphatic heterocycles. The number of rotatable bonds is 5. The second-order valence-corrected chi connectivity index (χ2v) is 7.36. The minimum absolute atomic E-state index is 0.107. The number of benzene rings is 3. The van der Waals surface area contributed by atoms with Gasteiger partial charge in [0.2, 0.25) is 0 Å². The van der Waals surface area contributed by atoms with Gasteiger partial charge < -0.3 is 14.8 Å². The number of anilines is 2. The van der Waals surface area contributed by atoms with Crippen LogP contribution < -0.4 is 10.1 Å². The monoisotopic (exact) mass is 419 g/mol. The van der Waals surface area contributed by atoms with Crippen LogP contribution in [0.1, 0.15) is 24.0 Å². The molecule has 5 heteroatoms. The summed E-state index contributed by atoms with van der Waals surface area (Å²) in [5, 5.41) is 3.21. The summed E-state index contributed by atoms with van der Waals surface area (Å²) in [5.74, 6) is 5.92. The van der Waals surface area contributed by atoms with Gasteiger partial charge in [0, 0.05) is 24.8 Å². The van der Waals surface area contributed by atoms with E-state index < -0.39 is 5.82 Å². The first kappa shape index (κ1) is 20.9. The van der Waals surface area contributed by atoms with Gasteiger partial charge in [-0.2, -0.15) is 0 Å². The van der Waals surface area contributed by atoms with E-state index in [9.17, 15) is 8.78 Å². The summed E-state index contributed by atoms with van der Waals surface area (Å²) in [4.78, 5) is 0. The fourth-order valence-electron chi connectivity index (χ4n) is 3.36. The van der Waals surface area contributed by atoms with Gasteiger partial charge in [0.05, 0.1) is 11.3 Å². The maximum absolute atomic E-state index is 14.8. The Kier molecular flexibility index (Phi) is 6.81. The quantitative estimate of drug-likeness (QED) is 0.510. The summed E-state index contributed by atoms with van der Waals surface area (Å²) in [6.45, 7) is 1.59. The van der Waals surface area contributed by atoms with E-state index in [2.05, 4.69) is 17.2 Å². The van der Waals surface area contributed by atoms with Crippen LogP contribution in [0.2, 0.25) is 0 Å². The maximum Gasteiger partial charge on any atom is 0.173 e. The highest BCUT2D eigenvalue weighted by Gasteiger charge is 2.16. The largest absolute Gasteiger partial charge is 0.484 e. The normalized spacial score (nSPS) is 13.9. The summed E-state index contributed by atoms with van der Waals surface area (Å²) in [6.07, 6.45) is 1.70. The fraction of sp³-hybridized carbons (Fsp3) is 0.231. The van der Waals surface area contributed by atoms with Crippen LogP contribution in [0.4, 0.5) is 20.2 Å². The van der Waals surface area contributed by atoms with Crippen molar-refractivity contribution in [2.45, 2.75) is 19.4 Å². The van der Waals surface area contributed by atoms with Crippen molar-refractivity contribution < 1.29 is 18.3 Å². The minimum atomic E-state index is -0.475. The molecular formula is C26H23F2NO2. The molecule has 0 atom stereocenters. The molecule has 3 aromatic rings. The van der Waals surface area contributed by atoms with Crippen molar-refractivity contribution in [2.24, 2.45) is 5.92 Å². The van der Waals surface area contributed by atoms with E-state index in [1.807, 2.05) is 30.3 Å². The van der Waals surface area contributed by atoms with Crippen molar-refractivity contribution in [2.75, 3.05) is 18.5 Å². The Labute approximate surface area is 181 Å². The Morgan fingerprint density at radius 1 is 0.935 bits per heavy atom. The van der Waals surface area contributed by atoms with Crippen LogP contribution in [0.5, 0.6) is 5.75 Å². The average Bonchev–Trinajstić information content (AvgIpc) is 2.81. The number of hydrogen-bond acceptors (Lipinski definition) is 3. The summed E-state index contributed by atoms with van der Waals surface area (Å²) >= 11 is 0. The van der Waals surface area contributed by atoms with E-state index in [0.717, 1.165) is 18.4 Å². The van der Waals surface area contributed by atoms with Gasteiger partial charge in [-0.1, -0.05) is 42.2 Å². The van der Waals surface area contributed by atoms with Crippen LogP contribution >= 0.6 is 0 Å². The Morgan fingerprint density at radius 3 is 2.42 bits per heavy atom. The van der Waals surface area contributed by atoms with Gasteiger partial charge in [-0.05, 0) is 54.8 Å². The van der Waals surface area contributed by atoms with Crippen molar-refractivity contribution in [3.63, 3.8) is 0 Å². The number of hydrogen-bond donors (Lipinski definition) is 1. The first-order valence-electron chi connectivity index (χ1n) is 10.3. The molecule has 0 saturated carbocycles. The Morgan fingerprint density at radius 2 is 1.68 bits per heavy atom. The average molecular weight is 419 g/mol. The van der Waals surface area contributed by atoms with E-state index in [-0.39, 0.29) is 24.1 Å². The minimum Gasteiger partial charge on any atom is -0.484 e. The lowest BCUT2D eigenvalue weighted by Gasteiger charge is -2.17. The SMILES string of the molecule is Fc1ccc(Nc2ccc(F)c(OCc3ccccc3)c2C#CC2CCOCC2)cc1. The number of ether oxygens (including phenoxy) is 2. The lowest BCUT2D eigenvalue weighted by atomic mass is 10.00. The van der Waals surface area contributed by atoms with Gasteiger partial charge >= 0.3 is 0 Å².